The standard InChI is InChI=1S/C76H51NO/c1-5-23-59(24-6-1)75(60-25-7-2-8-26-60)70-33-15-13-31-66(70)68-42-40-64(50-72(68)75)77(65-41-43-69-67-32-14-16-34-71(67)76(73(69)51-65,61-27-9-3-10-28-61)62-29-11-4-12-30-62)63-38-35-52(36-39-63)53-19-17-20-54(47-53)55-21-18-22-56(48-55)57-37-44-74-58(49-57)45-46-78-74/h1-51H. The molecule has 12 aromatic carbocycles. The molecule has 0 saturated carbocycles. The van der Waals surface area contributed by atoms with Crippen molar-refractivity contribution in [3.63, 3.8) is 0 Å². The number of hydrogen-bond donors (Lipinski definition) is 0. The topological polar surface area (TPSA) is 16.4 Å². The number of furan rings is 1. The second-order valence-electron chi connectivity index (χ2n) is 20.7. The van der Waals surface area contributed by atoms with Crippen molar-refractivity contribution in [1.82, 2.24) is 0 Å². The van der Waals surface area contributed by atoms with E-state index in [1.807, 2.05) is 6.07 Å². The molecule has 0 N–H and O–H groups in total. The van der Waals surface area contributed by atoms with Crippen molar-refractivity contribution in [1.29, 1.82) is 0 Å². The van der Waals surface area contributed by atoms with Gasteiger partial charge in [-0.2, -0.15) is 0 Å². The summed E-state index contributed by atoms with van der Waals surface area (Å²) in [6.45, 7) is 0. The number of fused-ring (bicyclic) bond motifs is 7. The Morgan fingerprint density at radius 3 is 1.08 bits per heavy atom. The first-order valence-electron chi connectivity index (χ1n) is 27.0. The molecule has 0 spiro atoms. The van der Waals surface area contributed by atoms with Crippen molar-refractivity contribution in [3.8, 4) is 55.6 Å². The summed E-state index contributed by atoms with van der Waals surface area (Å²) in [5.41, 5.74) is 25.1. The van der Waals surface area contributed by atoms with E-state index in [9.17, 15) is 0 Å². The lowest BCUT2D eigenvalue weighted by atomic mass is 9.67. The van der Waals surface area contributed by atoms with Crippen LogP contribution in [0, 0.1) is 0 Å². The first-order chi connectivity index (χ1) is 38.7. The predicted octanol–water partition coefficient (Wildman–Crippen LogP) is 19.6. The van der Waals surface area contributed by atoms with Crippen LogP contribution in [0.4, 0.5) is 17.1 Å². The highest BCUT2D eigenvalue weighted by Crippen LogP contribution is 2.59. The monoisotopic (exact) mass is 993 g/mol. The average Bonchev–Trinajstić information content (AvgIpc) is 4.05. The van der Waals surface area contributed by atoms with Crippen molar-refractivity contribution in [2.75, 3.05) is 4.90 Å². The van der Waals surface area contributed by atoms with Crippen LogP contribution < -0.4 is 4.90 Å². The van der Waals surface area contributed by atoms with E-state index in [1.165, 1.54) is 89.0 Å². The van der Waals surface area contributed by atoms with Crippen molar-refractivity contribution >= 4 is 28.0 Å². The lowest BCUT2D eigenvalue weighted by molar-refractivity contribution is 0.616. The number of benzene rings is 12. The summed E-state index contributed by atoms with van der Waals surface area (Å²) >= 11 is 0. The van der Waals surface area contributed by atoms with Gasteiger partial charge in [0.25, 0.3) is 0 Å². The predicted molar refractivity (Wildman–Crippen MR) is 322 cm³/mol. The maximum atomic E-state index is 5.65. The maximum absolute atomic E-state index is 5.65. The Morgan fingerprint density at radius 2 is 0.615 bits per heavy atom. The largest absolute Gasteiger partial charge is 0.464 e. The maximum Gasteiger partial charge on any atom is 0.133 e. The molecule has 2 heteroatoms. The Balaban J connectivity index is 0.913. The van der Waals surface area contributed by atoms with Crippen molar-refractivity contribution in [2.24, 2.45) is 0 Å². The van der Waals surface area contributed by atoms with Gasteiger partial charge in [0.2, 0.25) is 0 Å². The van der Waals surface area contributed by atoms with Crippen molar-refractivity contribution < 1.29 is 4.42 Å². The summed E-state index contributed by atoms with van der Waals surface area (Å²) in [6.07, 6.45) is 1.75. The van der Waals surface area contributed by atoms with Gasteiger partial charge in [-0.05, 0) is 167 Å². The van der Waals surface area contributed by atoms with Gasteiger partial charge in [-0.3, -0.25) is 0 Å². The number of hydrogen-bond acceptors (Lipinski definition) is 2. The molecule has 2 aliphatic carbocycles. The van der Waals surface area contributed by atoms with Gasteiger partial charge in [-0.15, -0.1) is 0 Å². The van der Waals surface area contributed by atoms with Crippen LogP contribution in [0.25, 0.3) is 66.6 Å². The Hall–Kier alpha value is -10.0. The third-order valence-electron chi connectivity index (χ3n) is 16.7. The molecule has 0 aliphatic heterocycles. The van der Waals surface area contributed by atoms with Gasteiger partial charge in [-0.25, -0.2) is 0 Å². The summed E-state index contributed by atoms with van der Waals surface area (Å²) < 4.78 is 5.65. The molecule has 0 atom stereocenters. The Morgan fingerprint density at radius 1 is 0.244 bits per heavy atom. The number of anilines is 3. The first kappa shape index (κ1) is 45.4. The normalized spacial score (nSPS) is 13.3. The molecule has 1 aromatic heterocycles. The van der Waals surface area contributed by atoms with Gasteiger partial charge < -0.3 is 9.32 Å². The minimum absolute atomic E-state index is 0.562. The summed E-state index contributed by atoms with van der Waals surface area (Å²) in [5.74, 6) is 0. The van der Waals surface area contributed by atoms with E-state index >= 15 is 0 Å². The van der Waals surface area contributed by atoms with E-state index in [4.69, 9.17) is 4.42 Å². The van der Waals surface area contributed by atoms with Crippen LogP contribution >= 0.6 is 0 Å². The molecule has 0 radical (unpaired) electrons. The highest BCUT2D eigenvalue weighted by atomic mass is 16.3. The van der Waals surface area contributed by atoms with Crippen LogP contribution in [0.5, 0.6) is 0 Å². The molecule has 15 rings (SSSR count). The Bertz CT molecular complexity index is 4110. The smallest absolute Gasteiger partial charge is 0.133 e. The second-order valence-corrected chi connectivity index (χ2v) is 20.7. The summed E-state index contributed by atoms with van der Waals surface area (Å²) in [5, 5.41) is 1.10. The van der Waals surface area contributed by atoms with Crippen LogP contribution in [0.15, 0.2) is 314 Å². The Labute approximate surface area is 455 Å². The van der Waals surface area contributed by atoms with Gasteiger partial charge in [0.05, 0.1) is 17.1 Å². The molecule has 1 heterocycles. The van der Waals surface area contributed by atoms with E-state index in [-0.39, 0.29) is 0 Å². The quantitative estimate of drug-likeness (QED) is 0.136. The minimum atomic E-state index is -0.562. The van der Waals surface area contributed by atoms with Gasteiger partial charge in [0, 0.05) is 22.4 Å². The number of nitrogens with zero attached hydrogens (tertiary/aromatic N) is 1. The fraction of sp³-hybridized carbons (Fsp3) is 0.0263. The number of rotatable bonds is 10. The fourth-order valence-electron chi connectivity index (χ4n) is 13.3. The molecule has 0 unspecified atom stereocenters. The highest BCUT2D eigenvalue weighted by Gasteiger charge is 2.48. The van der Waals surface area contributed by atoms with Crippen LogP contribution in [0.1, 0.15) is 44.5 Å². The molecule has 366 valence electrons. The molecule has 0 saturated heterocycles. The molecular formula is C76H51NO. The molecule has 13 aromatic rings. The minimum Gasteiger partial charge on any atom is -0.464 e. The second kappa shape index (κ2) is 18.4. The van der Waals surface area contributed by atoms with E-state index < -0.39 is 10.8 Å². The lowest BCUT2D eigenvalue weighted by Crippen LogP contribution is -2.29. The van der Waals surface area contributed by atoms with E-state index in [1.54, 1.807) is 6.26 Å². The van der Waals surface area contributed by atoms with Crippen molar-refractivity contribution in [2.45, 2.75) is 10.8 Å². The van der Waals surface area contributed by atoms with Crippen LogP contribution in [0.3, 0.4) is 0 Å². The SMILES string of the molecule is c1ccc(C2(c3ccccc3)c3ccccc3-c3ccc(N(c4ccc(-c5cccc(-c6cccc(-c7ccc8occc8c7)c6)c5)cc4)c4ccc5c(c4)C(c4ccccc4)(c4ccccc4)c4ccccc4-5)cc32)cc1. The van der Waals surface area contributed by atoms with Gasteiger partial charge in [0.15, 0.2) is 0 Å². The molecule has 0 amide bonds. The third-order valence-corrected chi connectivity index (χ3v) is 16.7. The molecule has 0 fully saturated rings. The molecule has 78 heavy (non-hydrogen) atoms. The fourth-order valence-corrected chi connectivity index (χ4v) is 13.3. The molecular weight excluding hydrogens is 943 g/mol. The summed E-state index contributed by atoms with van der Waals surface area (Å²) in [7, 11) is 0. The van der Waals surface area contributed by atoms with E-state index in [0.29, 0.717) is 0 Å². The van der Waals surface area contributed by atoms with Crippen molar-refractivity contribution in [3.05, 3.63) is 354 Å². The average molecular weight is 994 g/mol. The molecule has 0 bridgehead atoms. The van der Waals surface area contributed by atoms with E-state index in [2.05, 4.69) is 302 Å². The molecule has 2 nitrogen and oxygen atoms in total. The molecule has 2 aliphatic rings. The van der Waals surface area contributed by atoms with Crippen LogP contribution in [-0.2, 0) is 10.8 Å². The van der Waals surface area contributed by atoms with Crippen LogP contribution in [-0.4, -0.2) is 0 Å². The van der Waals surface area contributed by atoms with E-state index in [0.717, 1.165) is 39.2 Å². The van der Waals surface area contributed by atoms with Gasteiger partial charge in [0.1, 0.15) is 5.58 Å². The van der Waals surface area contributed by atoms with Crippen LogP contribution in [0.2, 0.25) is 0 Å². The summed E-state index contributed by atoms with van der Waals surface area (Å²) in [6, 6.07) is 112. The first-order valence-corrected chi connectivity index (χ1v) is 27.0. The van der Waals surface area contributed by atoms with Gasteiger partial charge >= 0.3 is 0 Å². The zero-order chi connectivity index (χ0) is 51.6. The Kier molecular flexibility index (Phi) is 10.7. The van der Waals surface area contributed by atoms with Gasteiger partial charge in [-0.1, -0.05) is 237 Å². The zero-order valence-corrected chi connectivity index (χ0v) is 42.8. The summed E-state index contributed by atoms with van der Waals surface area (Å²) in [4.78, 5) is 2.49. The zero-order valence-electron chi connectivity index (χ0n) is 42.8. The highest BCUT2D eigenvalue weighted by molar-refractivity contribution is 5.93. The lowest BCUT2D eigenvalue weighted by Gasteiger charge is -2.36. The third kappa shape index (κ3) is 7.04.